The Morgan fingerprint density at radius 3 is 2.50 bits per heavy atom. The summed E-state index contributed by atoms with van der Waals surface area (Å²) in [6, 6.07) is 0. The third-order valence-electron chi connectivity index (χ3n) is 1.41. The van der Waals surface area contributed by atoms with Crippen molar-refractivity contribution in [2.75, 3.05) is 12.0 Å². The lowest BCUT2D eigenvalue weighted by Crippen LogP contribution is -2.34. The predicted octanol–water partition coefficient (Wildman–Crippen LogP) is 0.819. The maximum atomic E-state index is 10.7. The minimum Gasteiger partial charge on any atom is -0.480 e. The number of aliphatic carboxylic acids is 1. The molecule has 0 aromatic rings. The molecular weight excluding hydrogens is 196 g/mol. The number of carboxylic acids is 1. The summed E-state index contributed by atoms with van der Waals surface area (Å²) in [6.45, 7) is 1.62. The van der Waals surface area contributed by atoms with Crippen molar-refractivity contribution in [3.63, 3.8) is 0 Å². The first-order valence-electron chi connectivity index (χ1n) is 3.18. The summed E-state index contributed by atoms with van der Waals surface area (Å²) in [5.74, 6) is -0.553. The van der Waals surface area contributed by atoms with Gasteiger partial charge in [-0.1, -0.05) is 11.8 Å². The molecule has 6 heteroatoms. The van der Waals surface area contributed by atoms with Crippen LogP contribution in [0.3, 0.4) is 0 Å². The number of nitrogens with two attached hydrogens (primary N) is 1. The molecule has 0 bridgehead atoms. The van der Waals surface area contributed by atoms with Gasteiger partial charge in [0.1, 0.15) is 4.75 Å². The van der Waals surface area contributed by atoms with Gasteiger partial charge in [-0.2, -0.15) is 0 Å². The average molecular weight is 208 g/mol. The predicted molar refractivity (Wildman–Crippen MR) is 53.9 cm³/mol. The van der Waals surface area contributed by atoms with Crippen LogP contribution < -0.4 is 5.73 Å². The van der Waals surface area contributed by atoms with E-state index in [0.717, 1.165) is 11.8 Å². The molecule has 0 aromatic carbocycles. The first-order chi connectivity index (χ1) is 5.42. The molecule has 0 aliphatic rings. The summed E-state index contributed by atoms with van der Waals surface area (Å²) in [6.07, 6.45) is 1.73. The fourth-order valence-corrected chi connectivity index (χ4v) is 1.80. The summed E-state index contributed by atoms with van der Waals surface area (Å²) in [4.78, 5) is 10.7. The quantitative estimate of drug-likeness (QED) is 0.470. The summed E-state index contributed by atoms with van der Waals surface area (Å²) in [5.41, 5.74) is 5.10. The van der Waals surface area contributed by atoms with Crippen LogP contribution in [0.2, 0.25) is 0 Å². The Morgan fingerprint density at radius 2 is 2.25 bits per heavy atom. The maximum absolute atomic E-state index is 10.7. The minimum atomic E-state index is -0.872. The number of carbonyl (C=O) groups is 1. The van der Waals surface area contributed by atoms with Crippen LogP contribution in [-0.4, -0.2) is 33.0 Å². The lowest BCUT2D eigenvalue weighted by molar-refractivity contribution is -0.138. The minimum absolute atomic E-state index is 0.0449. The van der Waals surface area contributed by atoms with Crippen LogP contribution in [0.5, 0.6) is 0 Å². The van der Waals surface area contributed by atoms with Crippen LogP contribution >= 0.6 is 23.5 Å². The van der Waals surface area contributed by atoms with E-state index in [4.69, 9.17) is 16.2 Å². The van der Waals surface area contributed by atoms with Gasteiger partial charge in [-0.25, -0.2) is 0 Å². The third-order valence-corrected chi connectivity index (χ3v) is 3.84. The normalized spacial score (nSPS) is 15.2. The first-order valence-corrected chi connectivity index (χ1v) is 5.39. The number of hydrogen-bond acceptors (Lipinski definition) is 4. The molecule has 0 rings (SSSR count). The van der Waals surface area contributed by atoms with Crippen molar-refractivity contribution >= 4 is 34.7 Å². The molecule has 0 radical (unpaired) electrons. The van der Waals surface area contributed by atoms with Gasteiger partial charge in [0.25, 0.3) is 0 Å². The molecule has 4 N–H and O–H groups in total. The molecule has 1 unspecified atom stereocenters. The molecule has 0 fully saturated rings. The molecule has 70 valence electrons. The lowest BCUT2D eigenvalue weighted by atomic mass is 10.2. The van der Waals surface area contributed by atoms with Gasteiger partial charge in [0.05, 0.1) is 0 Å². The Balaban J connectivity index is 4.15. The van der Waals surface area contributed by atoms with E-state index in [-0.39, 0.29) is 5.17 Å². The number of thioether (sulfide) groups is 2. The maximum Gasteiger partial charge on any atom is 0.320 e. The Kier molecular flexibility index (Phi) is 4.47. The largest absolute Gasteiger partial charge is 0.480 e. The van der Waals surface area contributed by atoms with Crippen LogP contribution in [0.15, 0.2) is 0 Å². The number of hydrogen-bond donors (Lipinski definition) is 3. The van der Waals surface area contributed by atoms with Crippen LogP contribution in [0, 0.1) is 5.41 Å². The smallest absolute Gasteiger partial charge is 0.320 e. The van der Waals surface area contributed by atoms with Gasteiger partial charge in [0.2, 0.25) is 0 Å². The Hall–Kier alpha value is -0.360. The summed E-state index contributed by atoms with van der Waals surface area (Å²) >= 11 is 2.30. The van der Waals surface area contributed by atoms with E-state index in [9.17, 15) is 4.79 Å². The molecule has 0 amide bonds. The molecule has 1 atom stereocenters. The van der Waals surface area contributed by atoms with E-state index >= 15 is 0 Å². The first kappa shape index (κ1) is 11.6. The fraction of sp³-hybridized carbons (Fsp3) is 0.667. The fourth-order valence-electron chi connectivity index (χ4n) is 0.423. The highest BCUT2D eigenvalue weighted by Gasteiger charge is 2.32. The highest BCUT2D eigenvalue weighted by atomic mass is 32.2. The monoisotopic (exact) mass is 208 g/mol. The number of carboxylic acid groups (broad SMARTS) is 1. The van der Waals surface area contributed by atoms with Crippen molar-refractivity contribution in [3.8, 4) is 0 Å². The zero-order valence-electron chi connectivity index (χ0n) is 6.96. The number of nitrogens with one attached hydrogen (secondary N) is 1. The van der Waals surface area contributed by atoms with E-state index in [1.54, 1.807) is 13.2 Å². The van der Waals surface area contributed by atoms with Crippen molar-refractivity contribution in [1.29, 1.82) is 5.41 Å². The molecule has 12 heavy (non-hydrogen) atoms. The topological polar surface area (TPSA) is 87.2 Å². The van der Waals surface area contributed by atoms with Crippen LogP contribution in [0.25, 0.3) is 0 Å². The van der Waals surface area contributed by atoms with Gasteiger partial charge in [-0.15, -0.1) is 11.8 Å². The molecular formula is C6H12N2O2S2. The second-order valence-electron chi connectivity index (χ2n) is 2.39. The Labute approximate surface area is 79.8 Å². The van der Waals surface area contributed by atoms with E-state index < -0.39 is 10.7 Å². The summed E-state index contributed by atoms with van der Waals surface area (Å²) < 4.78 is -0.851. The molecule has 4 nitrogen and oxygen atoms in total. The molecule has 0 aliphatic carbocycles. The van der Waals surface area contributed by atoms with Crippen molar-refractivity contribution in [2.45, 2.75) is 11.7 Å². The van der Waals surface area contributed by atoms with Crippen molar-refractivity contribution in [1.82, 2.24) is 0 Å². The standard InChI is InChI=1S/C6H12N2O2S2/c1-6(11-2,4(9)10)3-12-5(7)8/h3H2,1-2H3,(H3,7,8)(H,9,10). The van der Waals surface area contributed by atoms with Gasteiger partial charge < -0.3 is 10.8 Å². The van der Waals surface area contributed by atoms with Gasteiger partial charge >= 0.3 is 5.97 Å². The van der Waals surface area contributed by atoms with Crippen molar-refractivity contribution < 1.29 is 9.90 Å². The Morgan fingerprint density at radius 1 is 1.75 bits per heavy atom. The molecule has 0 saturated carbocycles. The average Bonchev–Trinajstić information content (AvgIpc) is 1.99. The van der Waals surface area contributed by atoms with Crippen molar-refractivity contribution in [3.05, 3.63) is 0 Å². The van der Waals surface area contributed by atoms with Crippen LogP contribution in [-0.2, 0) is 4.79 Å². The van der Waals surface area contributed by atoms with Crippen LogP contribution in [0.4, 0.5) is 0 Å². The van der Waals surface area contributed by atoms with E-state index in [1.807, 2.05) is 0 Å². The van der Waals surface area contributed by atoms with Gasteiger partial charge in [0, 0.05) is 5.75 Å². The molecule has 0 aromatic heterocycles. The van der Waals surface area contributed by atoms with E-state index in [2.05, 4.69) is 0 Å². The summed E-state index contributed by atoms with van der Waals surface area (Å²) in [7, 11) is 0. The van der Waals surface area contributed by atoms with Gasteiger partial charge in [-0.3, -0.25) is 10.2 Å². The van der Waals surface area contributed by atoms with E-state index in [1.165, 1.54) is 11.8 Å². The number of rotatable bonds is 4. The number of amidine groups is 1. The van der Waals surface area contributed by atoms with Crippen molar-refractivity contribution in [2.24, 2.45) is 5.73 Å². The van der Waals surface area contributed by atoms with Gasteiger partial charge in [-0.05, 0) is 13.2 Å². The Bertz CT molecular complexity index is 198. The highest BCUT2D eigenvalue weighted by Crippen LogP contribution is 2.26. The molecule has 0 heterocycles. The zero-order valence-corrected chi connectivity index (χ0v) is 8.59. The molecule has 0 saturated heterocycles. The SMILES string of the molecule is CSC(C)(CSC(=N)N)C(=O)O. The zero-order chi connectivity index (χ0) is 9.78. The summed E-state index contributed by atoms with van der Waals surface area (Å²) in [5, 5.41) is 15.7. The lowest BCUT2D eigenvalue weighted by Gasteiger charge is -2.20. The molecule has 0 aliphatic heterocycles. The highest BCUT2D eigenvalue weighted by molar-refractivity contribution is 8.14. The van der Waals surface area contributed by atoms with Crippen LogP contribution in [0.1, 0.15) is 6.92 Å². The van der Waals surface area contributed by atoms with E-state index in [0.29, 0.717) is 5.75 Å². The molecule has 0 spiro atoms. The second kappa shape index (κ2) is 4.61. The van der Waals surface area contributed by atoms with Gasteiger partial charge in [0.15, 0.2) is 5.17 Å². The second-order valence-corrected chi connectivity index (χ2v) is 4.72. The third kappa shape index (κ3) is 3.36.